The summed E-state index contributed by atoms with van der Waals surface area (Å²) in [6.45, 7) is 5.26. The number of pyridine rings is 2. The van der Waals surface area contributed by atoms with Gasteiger partial charge in [-0.25, -0.2) is 13.6 Å². The topological polar surface area (TPSA) is 227 Å². The van der Waals surface area contributed by atoms with Crippen molar-refractivity contribution in [3.63, 3.8) is 0 Å². The highest BCUT2D eigenvalue weighted by atomic mass is 19.1. The second-order valence-corrected chi connectivity index (χ2v) is 20.3. The standard InChI is InChI=1S/C32H30FN7O3.C27H20FN5O4/c1-38-11-2-3-21(38)6-8-37-32(42)23-18-40-26-13-19(15-34)4-5-27(26)43-31-28(40)22(30(23)41)14-24(33)29(31)39-12-7-20(17-39)25-16-35-9-10-36-25;1-2-36-27(35)18-14-33-21-9-15(11-29)3-4-22(21)37-26-23(33)17(25(18)34)10-19(28)24(26)32-8-5-16(13-32)20-12-30-6-7-31-20/h4-5,9-10,13-14,16,18,20-21H,2-3,6-8,11-12,17H2,1H3,(H,37,42);3-4,6-7,9-10,12,14,16H,2,5,8,13H2,1H3. The second kappa shape index (κ2) is 21.0. The molecule has 3 saturated heterocycles. The summed E-state index contributed by atoms with van der Waals surface area (Å²) < 4.78 is 52.8. The first kappa shape index (κ1) is 51.2. The van der Waals surface area contributed by atoms with E-state index in [9.17, 15) is 29.7 Å². The van der Waals surface area contributed by atoms with Gasteiger partial charge in [-0.2, -0.15) is 10.5 Å². The Bertz CT molecular complexity index is 4050. The lowest BCUT2D eigenvalue weighted by atomic mass is 10.0. The molecule has 3 atom stereocenters. The molecule has 8 aromatic rings. The number of esters is 1. The van der Waals surface area contributed by atoms with E-state index in [2.05, 4.69) is 49.3 Å². The van der Waals surface area contributed by atoms with Crippen LogP contribution in [0.4, 0.5) is 20.2 Å². The van der Waals surface area contributed by atoms with Crippen molar-refractivity contribution in [2.24, 2.45) is 0 Å². The lowest BCUT2D eigenvalue weighted by Gasteiger charge is -2.29. The molecule has 4 aromatic carbocycles. The van der Waals surface area contributed by atoms with E-state index >= 15 is 8.78 Å². The van der Waals surface area contributed by atoms with Crippen molar-refractivity contribution in [3.05, 3.63) is 164 Å². The molecule has 0 bridgehead atoms. The van der Waals surface area contributed by atoms with Crippen molar-refractivity contribution < 1.29 is 32.6 Å². The van der Waals surface area contributed by atoms with Crippen molar-refractivity contribution >= 4 is 45.1 Å². The molecular weight excluding hydrogens is 1030 g/mol. The number of rotatable bonds is 10. The van der Waals surface area contributed by atoms with Crippen LogP contribution in [0, 0.1) is 34.3 Å². The zero-order valence-electron chi connectivity index (χ0n) is 43.5. The summed E-state index contributed by atoms with van der Waals surface area (Å²) in [5.74, 6) is -1.31. The highest BCUT2D eigenvalue weighted by Crippen LogP contribution is 2.50. The predicted molar refractivity (Wildman–Crippen MR) is 290 cm³/mol. The summed E-state index contributed by atoms with van der Waals surface area (Å²) in [7, 11) is 2.08. The third-order valence-corrected chi connectivity index (χ3v) is 15.6. The number of carbonyl (C=O) groups is 2. The zero-order valence-corrected chi connectivity index (χ0v) is 43.5. The van der Waals surface area contributed by atoms with Crippen molar-refractivity contribution in [1.29, 1.82) is 10.5 Å². The van der Waals surface area contributed by atoms with Gasteiger partial charge in [-0.3, -0.25) is 34.3 Å². The van der Waals surface area contributed by atoms with Gasteiger partial charge in [0.25, 0.3) is 5.91 Å². The zero-order chi connectivity index (χ0) is 55.3. The van der Waals surface area contributed by atoms with E-state index in [0.717, 1.165) is 56.1 Å². The highest BCUT2D eigenvalue weighted by molar-refractivity contribution is 6.02. The Morgan fingerprint density at radius 2 is 1.25 bits per heavy atom. The number of carbonyl (C=O) groups excluding carboxylic acids is 2. The number of nitrogens with zero attached hydrogens (tertiary/aromatic N) is 11. The molecule has 3 unspecified atom stereocenters. The predicted octanol–water partition coefficient (Wildman–Crippen LogP) is 8.17. The van der Waals surface area contributed by atoms with Crippen LogP contribution in [-0.2, 0) is 4.74 Å². The van der Waals surface area contributed by atoms with Crippen molar-refractivity contribution in [2.75, 3.05) is 62.7 Å². The number of halogens is 2. The number of hydrogen-bond donors (Lipinski definition) is 1. The van der Waals surface area contributed by atoms with Crippen molar-refractivity contribution in [3.8, 4) is 46.5 Å². The summed E-state index contributed by atoms with van der Waals surface area (Å²) >= 11 is 0. The van der Waals surface area contributed by atoms with Gasteiger partial charge in [0.05, 0.1) is 63.4 Å². The molecule has 1 N–H and O–H groups in total. The maximum absolute atomic E-state index is 16.1. The fourth-order valence-electron chi connectivity index (χ4n) is 11.7. The number of nitrogens with one attached hydrogen (secondary N) is 1. The summed E-state index contributed by atoms with van der Waals surface area (Å²) in [5.41, 5.74) is 2.97. The number of aromatic nitrogens is 6. The average molecular weight is 1080 g/mol. The van der Waals surface area contributed by atoms with Gasteiger partial charge in [-0.15, -0.1) is 0 Å². The fraction of sp³-hybridized carbons (Fsp3) is 0.288. The van der Waals surface area contributed by atoms with Gasteiger partial charge < -0.3 is 43.4 Å². The molecule has 0 spiro atoms. The van der Waals surface area contributed by atoms with Crippen LogP contribution in [0.5, 0.6) is 23.0 Å². The summed E-state index contributed by atoms with van der Waals surface area (Å²) in [5, 5.41) is 21.9. The molecule has 5 aliphatic heterocycles. The number of nitriles is 2. The van der Waals surface area contributed by atoms with E-state index < -0.39 is 34.4 Å². The van der Waals surface area contributed by atoms with Gasteiger partial charge in [-0.1, -0.05) is 0 Å². The van der Waals surface area contributed by atoms with Crippen LogP contribution in [0.3, 0.4) is 0 Å². The maximum atomic E-state index is 16.1. The van der Waals surface area contributed by atoms with E-state index in [4.69, 9.17) is 14.2 Å². The first-order chi connectivity index (χ1) is 38.9. The van der Waals surface area contributed by atoms with E-state index in [1.54, 1.807) is 89.6 Å². The van der Waals surface area contributed by atoms with Crippen LogP contribution in [0.1, 0.15) is 94.1 Å². The maximum Gasteiger partial charge on any atom is 0.343 e. The van der Waals surface area contributed by atoms with Gasteiger partial charge >= 0.3 is 5.97 Å². The highest BCUT2D eigenvalue weighted by Gasteiger charge is 2.37. The van der Waals surface area contributed by atoms with Gasteiger partial charge in [0.2, 0.25) is 10.9 Å². The smallest absolute Gasteiger partial charge is 0.343 e. The molecule has 21 heteroatoms. The molecule has 4 aromatic heterocycles. The Labute approximate surface area is 455 Å². The van der Waals surface area contributed by atoms with Crippen LogP contribution >= 0.6 is 0 Å². The SMILES string of the molecule is CCOC(=O)c1cn2c3c(c(N4CCC(c5cnccn5)C4)c(F)cc3c1=O)Oc1ccc(C#N)cc1-2.CN1CCCC1CCNC(=O)c1cn2c3c(c(N4CCC(c5cnccn5)C4)c(F)cc3c1=O)Oc1ccc(C#N)cc1-2. The average Bonchev–Trinajstić information content (AvgIpc) is 4.13. The van der Waals surface area contributed by atoms with Crippen LogP contribution in [0.15, 0.2) is 108 Å². The van der Waals surface area contributed by atoms with Gasteiger partial charge in [0, 0.05) is 100 Å². The first-order valence-corrected chi connectivity index (χ1v) is 26.4. The molecule has 1 amide bonds. The lowest BCUT2D eigenvalue weighted by molar-refractivity contribution is 0.0524. The van der Waals surface area contributed by atoms with Crippen molar-refractivity contribution in [2.45, 2.75) is 56.9 Å². The molecule has 5 aliphatic rings. The minimum absolute atomic E-state index is 0.0144. The summed E-state index contributed by atoms with van der Waals surface area (Å²) in [6, 6.07) is 16.7. The fourth-order valence-corrected chi connectivity index (χ4v) is 11.7. The molecule has 402 valence electrons. The van der Waals surface area contributed by atoms with Crippen LogP contribution in [-0.4, -0.2) is 105 Å². The number of benzene rings is 4. The normalized spacial score (nSPS) is 17.6. The van der Waals surface area contributed by atoms with E-state index in [1.165, 1.54) is 18.5 Å². The van der Waals surface area contributed by atoms with Crippen molar-refractivity contribution in [1.82, 2.24) is 39.3 Å². The molecule has 19 nitrogen and oxygen atoms in total. The minimum atomic E-state index is -0.806. The summed E-state index contributed by atoms with van der Waals surface area (Å²) in [4.78, 5) is 76.3. The van der Waals surface area contributed by atoms with E-state index in [-0.39, 0.29) is 63.2 Å². The molecule has 13 rings (SSSR count). The Hall–Kier alpha value is -9.60. The largest absolute Gasteiger partial charge is 0.462 e. The Morgan fingerprint density at radius 1 is 0.725 bits per heavy atom. The van der Waals surface area contributed by atoms with Crippen LogP contribution in [0.2, 0.25) is 0 Å². The number of amides is 1. The quantitative estimate of drug-likeness (QED) is 0.127. The number of hydrogen-bond acceptors (Lipinski definition) is 16. The molecule has 0 radical (unpaired) electrons. The summed E-state index contributed by atoms with van der Waals surface area (Å²) in [6.07, 6.45) is 17.3. The molecule has 3 fully saturated rings. The number of likely N-dealkylation sites (tertiary alicyclic amines) is 1. The van der Waals surface area contributed by atoms with Gasteiger partial charge in [0.1, 0.15) is 33.5 Å². The Kier molecular flexibility index (Phi) is 13.4. The lowest BCUT2D eigenvalue weighted by Crippen LogP contribution is -2.34. The number of ether oxygens (including phenoxy) is 3. The first-order valence-electron chi connectivity index (χ1n) is 26.4. The monoisotopic (exact) mass is 1080 g/mol. The van der Waals surface area contributed by atoms with Crippen LogP contribution < -0.4 is 35.4 Å². The van der Waals surface area contributed by atoms with E-state index in [1.807, 2.05) is 9.80 Å². The third kappa shape index (κ3) is 9.04. The second-order valence-electron chi connectivity index (χ2n) is 20.3. The molecule has 0 aliphatic carbocycles. The van der Waals surface area contributed by atoms with Gasteiger partial charge in [0.15, 0.2) is 34.6 Å². The number of anilines is 2. The van der Waals surface area contributed by atoms with E-state index in [0.29, 0.717) is 83.8 Å². The third-order valence-electron chi connectivity index (χ3n) is 15.6. The Balaban J connectivity index is 0.000000161. The Morgan fingerprint density at radius 3 is 1.73 bits per heavy atom. The molecule has 0 saturated carbocycles. The van der Waals surface area contributed by atoms with Gasteiger partial charge in [-0.05, 0) is 101 Å². The van der Waals surface area contributed by atoms with Crippen LogP contribution in [0.25, 0.3) is 33.2 Å². The molecule has 9 heterocycles. The molecule has 80 heavy (non-hydrogen) atoms. The number of fused-ring (bicyclic) bond motifs is 4. The molecular formula is C59H50F2N12O7. The minimum Gasteiger partial charge on any atom is -0.462 e.